The van der Waals surface area contributed by atoms with E-state index in [0.717, 1.165) is 43.0 Å². The number of nitro benzene ring substituents is 1. The number of benzene rings is 3. The van der Waals surface area contributed by atoms with Gasteiger partial charge in [-0.1, -0.05) is 12.1 Å². The molecule has 0 saturated carbocycles. The molecule has 3 N–H and O–H groups in total. The fourth-order valence-electron chi connectivity index (χ4n) is 4.71. The Morgan fingerprint density at radius 3 is 2.65 bits per heavy atom. The first-order valence-corrected chi connectivity index (χ1v) is 14.4. The minimum atomic E-state index is -4.43. The predicted octanol–water partition coefficient (Wildman–Crippen LogP) is 4.88. The molecule has 4 aromatic rings. The highest BCUT2D eigenvalue weighted by atomic mass is 32.2. The molecule has 1 aromatic heterocycles. The molecule has 1 saturated heterocycles. The third kappa shape index (κ3) is 6.24. The first kappa shape index (κ1) is 27.2. The number of likely N-dealkylation sites (tertiary alicyclic amines) is 1. The molecular formula is C28H29N5O6S. The summed E-state index contributed by atoms with van der Waals surface area (Å²) in [6.45, 7) is 3.54. The number of carbonyl (C=O) groups excluding carboxylic acids is 1. The Morgan fingerprint density at radius 2 is 1.85 bits per heavy atom. The Morgan fingerprint density at radius 1 is 1.05 bits per heavy atom. The maximum Gasteiger partial charge on any atom is 0.293 e. The van der Waals surface area contributed by atoms with Gasteiger partial charge in [-0.3, -0.25) is 14.9 Å². The van der Waals surface area contributed by atoms with Crippen LogP contribution in [0.2, 0.25) is 0 Å². The SMILES string of the molecule is O=C(NS(=O)(=O)c1ccc(NCCCN2CCCC2)c([N+](=O)[O-])c1)c1ccccc1Oc1ccc2[nH]ccc2c1. The number of fused-ring (bicyclic) bond motifs is 1. The van der Waals surface area contributed by atoms with Crippen molar-refractivity contribution in [1.29, 1.82) is 0 Å². The first-order valence-electron chi connectivity index (χ1n) is 13.0. The number of nitrogens with one attached hydrogen (secondary N) is 3. The molecule has 2 heterocycles. The summed E-state index contributed by atoms with van der Waals surface area (Å²) in [6.07, 6.45) is 4.97. The Kier molecular flexibility index (Phi) is 7.99. The van der Waals surface area contributed by atoms with E-state index < -0.39 is 25.7 Å². The monoisotopic (exact) mass is 563 g/mol. The highest BCUT2D eigenvalue weighted by molar-refractivity contribution is 7.90. The molecule has 1 aliphatic rings. The van der Waals surface area contributed by atoms with Crippen molar-refractivity contribution < 1.29 is 22.9 Å². The summed E-state index contributed by atoms with van der Waals surface area (Å²) in [7, 11) is -4.43. The maximum absolute atomic E-state index is 13.1. The normalized spacial score (nSPS) is 13.8. The highest BCUT2D eigenvalue weighted by Gasteiger charge is 2.25. The van der Waals surface area contributed by atoms with Crippen molar-refractivity contribution >= 4 is 38.2 Å². The minimum Gasteiger partial charge on any atom is -0.457 e. The molecule has 1 aliphatic heterocycles. The molecule has 208 valence electrons. The van der Waals surface area contributed by atoms with Crippen molar-refractivity contribution in [2.24, 2.45) is 0 Å². The van der Waals surface area contributed by atoms with Gasteiger partial charge in [-0.2, -0.15) is 0 Å². The van der Waals surface area contributed by atoms with Crippen molar-refractivity contribution in [2.45, 2.75) is 24.2 Å². The second-order valence-electron chi connectivity index (χ2n) is 9.52. The number of sulfonamides is 1. The molecule has 5 rings (SSSR count). The number of hydrogen-bond donors (Lipinski definition) is 3. The van der Waals surface area contributed by atoms with E-state index in [2.05, 4.69) is 15.2 Å². The number of rotatable bonds is 11. The van der Waals surface area contributed by atoms with Crippen molar-refractivity contribution in [2.75, 3.05) is 31.5 Å². The van der Waals surface area contributed by atoms with Crippen LogP contribution in [0.4, 0.5) is 11.4 Å². The summed E-state index contributed by atoms with van der Waals surface area (Å²) >= 11 is 0. The summed E-state index contributed by atoms with van der Waals surface area (Å²) in [5.74, 6) is -0.302. The summed E-state index contributed by atoms with van der Waals surface area (Å²) < 4.78 is 34.1. The lowest BCUT2D eigenvalue weighted by molar-refractivity contribution is -0.384. The second-order valence-corrected chi connectivity index (χ2v) is 11.2. The average molecular weight is 564 g/mol. The van der Waals surface area contributed by atoms with E-state index in [1.54, 1.807) is 36.5 Å². The third-order valence-electron chi connectivity index (χ3n) is 6.75. The topological polar surface area (TPSA) is 147 Å². The van der Waals surface area contributed by atoms with E-state index in [0.29, 0.717) is 12.3 Å². The number of aromatic nitrogens is 1. The van der Waals surface area contributed by atoms with Crippen LogP contribution >= 0.6 is 0 Å². The number of amides is 1. The van der Waals surface area contributed by atoms with Crippen LogP contribution in [-0.2, 0) is 10.0 Å². The van der Waals surface area contributed by atoms with E-state index >= 15 is 0 Å². The molecule has 1 fully saturated rings. The van der Waals surface area contributed by atoms with Gasteiger partial charge in [0.2, 0.25) is 0 Å². The van der Waals surface area contributed by atoms with E-state index in [1.165, 1.54) is 31.0 Å². The second kappa shape index (κ2) is 11.8. The number of nitro groups is 1. The van der Waals surface area contributed by atoms with Crippen LogP contribution in [0.3, 0.4) is 0 Å². The van der Waals surface area contributed by atoms with Gasteiger partial charge >= 0.3 is 0 Å². The number of anilines is 1. The van der Waals surface area contributed by atoms with Crippen LogP contribution < -0.4 is 14.8 Å². The lowest BCUT2D eigenvalue weighted by Crippen LogP contribution is -2.31. The summed E-state index contributed by atoms with van der Waals surface area (Å²) in [6, 6.07) is 17.0. The van der Waals surface area contributed by atoms with Crippen LogP contribution in [-0.4, -0.2) is 55.3 Å². The Labute approximate surface area is 231 Å². The summed E-state index contributed by atoms with van der Waals surface area (Å²) in [5, 5.41) is 15.7. The molecule has 0 unspecified atom stereocenters. The van der Waals surface area contributed by atoms with Gasteiger partial charge in [0.15, 0.2) is 0 Å². The molecule has 11 nitrogen and oxygen atoms in total. The zero-order chi connectivity index (χ0) is 28.1. The fourth-order valence-corrected chi connectivity index (χ4v) is 5.70. The van der Waals surface area contributed by atoms with Crippen molar-refractivity contribution in [3.63, 3.8) is 0 Å². The number of H-pyrrole nitrogens is 1. The Balaban J connectivity index is 1.29. The zero-order valence-electron chi connectivity index (χ0n) is 21.6. The van der Waals surface area contributed by atoms with E-state index in [9.17, 15) is 23.3 Å². The first-order chi connectivity index (χ1) is 19.3. The molecule has 12 heteroatoms. The quantitative estimate of drug-likeness (QED) is 0.133. The van der Waals surface area contributed by atoms with Crippen LogP contribution in [0.1, 0.15) is 29.6 Å². The predicted molar refractivity (Wildman–Crippen MR) is 151 cm³/mol. The van der Waals surface area contributed by atoms with Crippen molar-refractivity contribution in [3.8, 4) is 11.5 Å². The van der Waals surface area contributed by atoms with E-state index in [4.69, 9.17) is 4.74 Å². The molecule has 0 bridgehead atoms. The smallest absolute Gasteiger partial charge is 0.293 e. The van der Waals surface area contributed by atoms with E-state index in [-0.39, 0.29) is 22.7 Å². The molecule has 0 radical (unpaired) electrons. The molecule has 40 heavy (non-hydrogen) atoms. The van der Waals surface area contributed by atoms with Gasteiger partial charge in [-0.15, -0.1) is 0 Å². The number of carbonyl (C=O) groups is 1. The number of ether oxygens (including phenoxy) is 1. The average Bonchev–Trinajstić information content (AvgIpc) is 3.63. The standard InChI is InChI=1S/C28H29N5O6S/c34-28(23-6-1-2-7-27(23)39-21-8-10-24-20(18-21)12-14-30-24)31-40(37,38)22-9-11-25(26(19-22)33(35)36)29-13-5-17-32-15-3-4-16-32/h1-2,6-12,14,18-19,29-30H,3-5,13,15-17H2,(H,31,34). The Bertz CT molecular complexity index is 1650. The van der Waals surface area contributed by atoms with Gasteiger partial charge in [-0.05, 0) is 87.4 Å². The van der Waals surface area contributed by atoms with Crippen molar-refractivity contribution in [3.05, 3.63) is 88.6 Å². The van der Waals surface area contributed by atoms with Gasteiger partial charge < -0.3 is 19.9 Å². The van der Waals surface area contributed by atoms with Crippen LogP contribution in [0.15, 0.2) is 77.8 Å². The number of aromatic amines is 1. The lowest BCUT2D eigenvalue weighted by Gasteiger charge is -2.15. The maximum atomic E-state index is 13.1. The molecule has 0 spiro atoms. The van der Waals surface area contributed by atoms with Gasteiger partial charge in [-0.25, -0.2) is 13.1 Å². The van der Waals surface area contributed by atoms with Gasteiger partial charge in [0, 0.05) is 29.7 Å². The molecule has 0 atom stereocenters. The van der Waals surface area contributed by atoms with Crippen LogP contribution in [0, 0.1) is 10.1 Å². The largest absolute Gasteiger partial charge is 0.457 e. The molecular weight excluding hydrogens is 534 g/mol. The molecule has 0 aliphatic carbocycles. The Hall–Kier alpha value is -4.42. The van der Waals surface area contributed by atoms with Crippen LogP contribution in [0.25, 0.3) is 10.9 Å². The fraction of sp³-hybridized carbons (Fsp3) is 0.250. The minimum absolute atomic E-state index is 0.00831. The third-order valence-corrected chi connectivity index (χ3v) is 8.08. The van der Waals surface area contributed by atoms with Gasteiger partial charge in [0.25, 0.3) is 21.6 Å². The molecule has 3 aromatic carbocycles. The van der Waals surface area contributed by atoms with Crippen molar-refractivity contribution in [1.82, 2.24) is 14.6 Å². The van der Waals surface area contributed by atoms with Gasteiger partial charge in [0.05, 0.1) is 15.4 Å². The number of hydrogen-bond acceptors (Lipinski definition) is 8. The number of nitrogens with zero attached hydrogens (tertiary/aromatic N) is 2. The van der Waals surface area contributed by atoms with E-state index in [1.807, 2.05) is 16.9 Å². The zero-order valence-corrected chi connectivity index (χ0v) is 22.4. The summed E-state index contributed by atoms with van der Waals surface area (Å²) in [4.78, 5) is 29.2. The highest BCUT2D eigenvalue weighted by Crippen LogP contribution is 2.30. The lowest BCUT2D eigenvalue weighted by atomic mass is 10.2. The summed E-state index contributed by atoms with van der Waals surface area (Å²) in [5.41, 5.74) is 0.739. The molecule has 1 amide bonds. The number of para-hydroxylation sites is 1. The van der Waals surface area contributed by atoms with Crippen LogP contribution in [0.5, 0.6) is 11.5 Å². The van der Waals surface area contributed by atoms with Gasteiger partial charge in [0.1, 0.15) is 17.2 Å².